The Labute approximate surface area is 201 Å². The molecule has 0 heterocycles. The Hall–Kier alpha value is 1.21. The van der Waals surface area contributed by atoms with E-state index in [1.165, 1.54) is 0 Å². The lowest BCUT2D eigenvalue weighted by molar-refractivity contribution is 0.480. The fourth-order valence-electron chi connectivity index (χ4n) is 2.25. The summed E-state index contributed by atoms with van der Waals surface area (Å²) in [5.41, 5.74) is 0. The summed E-state index contributed by atoms with van der Waals surface area (Å²) in [6, 6.07) is 0. The Bertz CT molecular complexity index is 666. The molecule has 0 fully saturated rings. The molecule has 0 atom stereocenters. The highest BCUT2D eigenvalue weighted by molar-refractivity contribution is 8.00. The third kappa shape index (κ3) is 27.3. The van der Waals surface area contributed by atoms with Gasteiger partial charge in [0.1, 0.15) is 0 Å². The Kier molecular flexibility index (Phi) is 18.3. The molecule has 0 aromatic heterocycles. The topological polar surface area (TPSA) is 163 Å². The molecule has 0 unspecified atom stereocenters. The van der Waals surface area contributed by atoms with E-state index >= 15 is 0 Å². The fraction of sp³-hybridized carbons (Fsp3) is 1.00. The standard InChI is InChI=1S/C15H33O9PS6/c16-29(17,18)13-1-7-26-10-4-25(5-11-27-8-2-14-30(19,20)21)6-12-28-9-3-15-31(22,23)24/h1-15H2,(H,16,17,18)(H,19,20,21)(H,22,23,24). The number of thioether (sulfide) groups is 3. The van der Waals surface area contributed by atoms with Gasteiger partial charge in [-0.1, -0.05) is 0 Å². The maximum atomic E-state index is 10.7. The molecule has 0 bridgehead atoms. The van der Waals surface area contributed by atoms with E-state index in [1.807, 2.05) is 0 Å². The Morgan fingerprint density at radius 2 is 0.742 bits per heavy atom. The molecule has 0 aromatic rings. The number of hydrogen-bond acceptors (Lipinski definition) is 9. The van der Waals surface area contributed by atoms with Crippen molar-refractivity contribution in [3.8, 4) is 0 Å². The van der Waals surface area contributed by atoms with Crippen LogP contribution in [0, 0.1) is 0 Å². The minimum absolute atomic E-state index is 0.227. The fourth-order valence-corrected chi connectivity index (χ4v) is 11.3. The lowest BCUT2D eigenvalue weighted by Gasteiger charge is -2.17. The first-order chi connectivity index (χ1) is 14.3. The summed E-state index contributed by atoms with van der Waals surface area (Å²) in [5.74, 6) is 4.01. The van der Waals surface area contributed by atoms with Crippen molar-refractivity contribution in [1.82, 2.24) is 0 Å². The lowest BCUT2D eigenvalue weighted by Crippen LogP contribution is -2.07. The van der Waals surface area contributed by atoms with Crippen molar-refractivity contribution in [3.63, 3.8) is 0 Å². The highest BCUT2D eigenvalue weighted by atomic mass is 32.2. The molecule has 0 aliphatic carbocycles. The van der Waals surface area contributed by atoms with Gasteiger partial charge in [-0.15, -0.1) is 7.92 Å². The van der Waals surface area contributed by atoms with Crippen molar-refractivity contribution in [2.45, 2.75) is 19.3 Å². The summed E-state index contributed by atoms with van der Waals surface area (Å²) >= 11 is 4.98. The zero-order valence-electron chi connectivity index (χ0n) is 17.3. The second-order valence-electron chi connectivity index (χ2n) is 6.60. The summed E-state index contributed by atoms with van der Waals surface area (Å²) < 4.78 is 90.5. The molecule has 0 spiro atoms. The van der Waals surface area contributed by atoms with E-state index in [0.717, 1.165) is 35.7 Å². The Balaban J connectivity index is 4.13. The van der Waals surface area contributed by atoms with E-state index in [1.54, 1.807) is 35.3 Å². The van der Waals surface area contributed by atoms with Crippen LogP contribution in [0.1, 0.15) is 19.3 Å². The van der Waals surface area contributed by atoms with E-state index in [4.69, 9.17) is 13.7 Å². The zero-order chi connectivity index (χ0) is 23.8. The van der Waals surface area contributed by atoms with Gasteiger partial charge >= 0.3 is 0 Å². The molecule has 9 nitrogen and oxygen atoms in total. The van der Waals surface area contributed by atoms with Gasteiger partial charge in [0.2, 0.25) is 0 Å². The maximum Gasteiger partial charge on any atom is 0.264 e. The van der Waals surface area contributed by atoms with Gasteiger partial charge < -0.3 is 0 Å². The van der Waals surface area contributed by atoms with Gasteiger partial charge in [-0.05, 0) is 72.3 Å². The molecule has 0 saturated carbocycles. The molecule has 0 aliphatic rings. The third-order valence-corrected chi connectivity index (χ3v) is 12.8. The van der Waals surface area contributed by atoms with Crippen molar-refractivity contribution in [2.75, 3.05) is 70.3 Å². The van der Waals surface area contributed by atoms with Crippen molar-refractivity contribution in [3.05, 3.63) is 0 Å². The summed E-state index contributed by atoms with van der Waals surface area (Å²) in [7, 11) is -12.0. The second-order valence-corrected chi connectivity index (χ2v) is 17.7. The predicted molar refractivity (Wildman–Crippen MR) is 137 cm³/mol. The zero-order valence-corrected chi connectivity index (χ0v) is 23.1. The molecule has 188 valence electrons. The molecule has 0 amide bonds. The van der Waals surface area contributed by atoms with E-state index < -0.39 is 30.4 Å². The highest BCUT2D eigenvalue weighted by Gasteiger charge is 2.10. The largest absolute Gasteiger partial charge is 0.286 e. The van der Waals surface area contributed by atoms with Crippen LogP contribution in [0.2, 0.25) is 0 Å². The van der Waals surface area contributed by atoms with Crippen LogP contribution in [0.3, 0.4) is 0 Å². The lowest BCUT2D eigenvalue weighted by atomic mass is 10.6. The van der Waals surface area contributed by atoms with Crippen molar-refractivity contribution in [2.24, 2.45) is 0 Å². The number of hydrogen-bond donors (Lipinski definition) is 3. The predicted octanol–water partition coefficient (Wildman–Crippen LogP) is 2.50. The van der Waals surface area contributed by atoms with E-state index in [0.29, 0.717) is 36.5 Å². The van der Waals surface area contributed by atoms with Gasteiger partial charge in [0.25, 0.3) is 30.4 Å². The monoisotopic (exact) mass is 580 g/mol. The normalized spacial score (nSPS) is 13.2. The van der Waals surface area contributed by atoms with Gasteiger partial charge in [-0.25, -0.2) is 0 Å². The van der Waals surface area contributed by atoms with Crippen LogP contribution in [0.15, 0.2) is 0 Å². The molecule has 0 rings (SSSR count). The molecule has 31 heavy (non-hydrogen) atoms. The van der Waals surface area contributed by atoms with Crippen LogP contribution in [-0.4, -0.2) is 109 Å². The van der Waals surface area contributed by atoms with E-state index in [2.05, 4.69) is 0 Å². The van der Waals surface area contributed by atoms with Crippen LogP contribution in [0.5, 0.6) is 0 Å². The summed E-state index contributed by atoms with van der Waals surface area (Å²) in [6.07, 6.45) is 4.28. The average Bonchev–Trinajstić information content (AvgIpc) is 2.60. The molecule has 0 aliphatic heterocycles. The van der Waals surface area contributed by atoms with E-state index in [9.17, 15) is 25.3 Å². The van der Waals surface area contributed by atoms with Crippen molar-refractivity contribution < 1.29 is 38.9 Å². The van der Waals surface area contributed by atoms with Gasteiger partial charge in [-0.3, -0.25) is 13.7 Å². The Morgan fingerprint density at radius 3 is 0.968 bits per heavy atom. The molecule has 16 heteroatoms. The first kappa shape index (κ1) is 32.2. The summed E-state index contributed by atoms with van der Waals surface area (Å²) in [4.78, 5) is 0. The van der Waals surface area contributed by atoms with E-state index in [-0.39, 0.29) is 25.2 Å². The van der Waals surface area contributed by atoms with Crippen molar-refractivity contribution in [1.29, 1.82) is 0 Å². The first-order valence-corrected chi connectivity index (χ1v) is 19.8. The third-order valence-electron chi connectivity index (χ3n) is 3.73. The van der Waals surface area contributed by atoms with Crippen LogP contribution in [0.4, 0.5) is 0 Å². The highest BCUT2D eigenvalue weighted by Crippen LogP contribution is 2.37. The smallest absolute Gasteiger partial charge is 0.264 e. The summed E-state index contributed by atoms with van der Waals surface area (Å²) in [6.45, 7) is 0. The minimum atomic E-state index is -3.91. The quantitative estimate of drug-likeness (QED) is 0.103. The molecular weight excluding hydrogens is 548 g/mol. The first-order valence-electron chi connectivity index (χ1n) is 9.59. The molecule has 0 saturated heterocycles. The molecular formula is C15H33O9PS6. The second kappa shape index (κ2) is 17.6. The van der Waals surface area contributed by atoms with Crippen LogP contribution < -0.4 is 0 Å². The van der Waals surface area contributed by atoms with Crippen LogP contribution >= 0.6 is 43.2 Å². The van der Waals surface area contributed by atoms with Crippen LogP contribution in [-0.2, 0) is 30.4 Å². The number of rotatable bonds is 21. The van der Waals surface area contributed by atoms with Gasteiger partial charge in [-0.2, -0.15) is 60.5 Å². The molecule has 0 radical (unpaired) electrons. The van der Waals surface area contributed by atoms with Gasteiger partial charge in [0.15, 0.2) is 0 Å². The Morgan fingerprint density at radius 1 is 0.484 bits per heavy atom. The molecule has 0 aromatic carbocycles. The van der Waals surface area contributed by atoms with Crippen molar-refractivity contribution >= 4 is 73.6 Å². The summed E-state index contributed by atoms with van der Waals surface area (Å²) in [5, 5.41) is 0. The van der Waals surface area contributed by atoms with Crippen LogP contribution in [0.25, 0.3) is 0 Å². The minimum Gasteiger partial charge on any atom is -0.286 e. The maximum absolute atomic E-state index is 10.7. The van der Waals surface area contributed by atoms with Gasteiger partial charge in [0.05, 0.1) is 17.3 Å². The SMILES string of the molecule is O=S(=O)(O)CCCSCCP(CCSCCCS(=O)(=O)O)CCSCCCS(=O)(=O)O. The molecule has 3 N–H and O–H groups in total. The van der Waals surface area contributed by atoms with Gasteiger partial charge in [0, 0.05) is 0 Å². The average molecular weight is 581 g/mol.